The minimum Gasteiger partial charge on any atom is -0.463 e. The Kier molecular flexibility index (Phi) is 4.61. The van der Waals surface area contributed by atoms with Gasteiger partial charge in [0.25, 0.3) is 5.91 Å². The summed E-state index contributed by atoms with van der Waals surface area (Å²) in [6.07, 6.45) is 6.42. The van der Waals surface area contributed by atoms with Gasteiger partial charge in [-0.25, -0.2) is 4.98 Å². The summed E-state index contributed by atoms with van der Waals surface area (Å²) in [7, 11) is 0. The number of nitrogens with one attached hydrogen (secondary N) is 1. The van der Waals surface area contributed by atoms with Gasteiger partial charge in [0.1, 0.15) is 5.69 Å². The number of furan rings is 1. The van der Waals surface area contributed by atoms with Crippen LogP contribution < -0.4 is 5.32 Å². The lowest BCUT2D eigenvalue weighted by Crippen LogP contribution is -2.45. The number of amides is 1. The first-order chi connectivity index (χ1) is 13.8. The van der Waals surface area contributed by atoms with E-state index in [1.807, 2.05) is 47.4 Å². The molecule has 0 radical (unpaired) electrons. The van der Waals surface area contributed by atoms with Crippen molar-refractivity contribution >= 4 is 16.8 Å². The summed E-state index contributed by atoms with van der Waals surface area (Å²) in [4.78, 5) is 20.0. The van der Waals surface area contributed by atoms with Gasteiger partial charge in [-0.1, -0.05) is 18.2 Å². The predicted octanol–water partition coefficient (Wildman–Crippen LogP) is 4.10. The van der Waals surface area contributed by atoms with Crippen molar-refractivity contribution in [3.63, 3.8) is 0 Å². The lowest BCUT2D eigenvalue weighted by atomic mass is 10.0. The van der Waals surface area contributed by atoms with Crippen LogP contribution in [-0.4, -0.2) is 41.5 Å². The number of fused-ring (bicyclic) bond motifs is 1. The number of hydrogen-bond acceptors (Lipinski definition) is 4. The number of rotatable bonds is 5. The molecule has 1 saturated carbocycles. The summed E-state index contributed by atoms with van der Waals surface area (Å²) >= 11 is 0. The lowest BCUT2D eigenvalue weighted by Gasteiger charge is -2.33. The summed E-state index contributed by atoms with van der Waals surface area (Å²) in [6.45, 7) is 2.74. The van der Waals surface area contributed by atoms with E-state index in [0.29, 0.717) is 23.1 Å². The maximum absolute atomic E-state index is 13.4. The summed E-state index contributed by atoms with van der Waals surface area (Å²) in [5, 5.41) is 4.58. The zero-order valence-corrected chi connectivity index (χ0v) is 15.9. The van der Waals surface area contributed by atoms with Crippen LogP contribution in [0.5, 0.6) is 0 Å². The Morgan fingerprint density at radius 3 is 2.68 bits per heavy atom. The fraction of sp³-hybridized carbons (Fsp3) is 0.391. The van der Waals surface area contributed by atoms with Crippen molar-refractivity contribution in [2.75, 3.05) is 19.6 Å². The van der Waals surface area contributed by atoms with E-state index >= 15 is 0 Å². The highest BCUT2D eigenvalue weighted by Crippen LogP contribution is 2.29. The van der Waals surface area contributed by atoms with E-state index in [9.17, 15) is 4.79 Å². The van der Waals surface area contributed by atoms with Crippen molar-refractivity contribution < 1.29 is 9.21 Å². The molecule has 1 saturated heterocycles. The normalized spacial score (nSPS) is 17.9. The third kappa shape index (κ3) is 3.54. The maximum Gasteiger partial charge on any atom is 0.254 e. The zero-order chi connectivity index (χ0) is 18.9. The molecular formula is C23H25N3O2. The van der Waals surface area contributed by atoms with Crippen molar-refractivity contribution in [1.82, 2.24) is 15.2 Å². The smallest absolute Gasteiger partial charge is 0.254 e. The number of aromatic nitrogens is 1. The molecule has 2 fully saturated rings. The van der Waals surface area contributed by atoms with E-state index in [1.54, 1.807) is 6.26 Å². The Balaban J connectivity index is 1.38. The summed E-state index contributed by atoms with van der Waals surface area (Å²) in [5.41, 5.74) is 2.23. The average Bonchev–Trinajstić information content (AvgIpc) is 3.42. The molecule has 3 heterocycles. The molecule has 0 bridgehead atoms. The molecular weight excluding hydrogens is 350 g/mol. The van der Waals surface area contributed by atoms with E-state index in [-0.39, 0.29) is 5.91 Å². The number of benzene rings is 1. The van der Waals surface area contributed by atoms with Crippen molar-refractivity contribution in [2.24, 2.45) is 5.92 Å². The van der Waals surface area contributed by atoms with Crippen LogP contribution in [0.4, 0.5) is 0 Å². The molecule has 5 heteroatoms. The van der Waals surface area contributed by atoms with Crippen LogP contribution in [0.25, 0.3) is 22.4 Å². The molecule has 1 aliphatic heterocycles. The van der Waals surface area contributed by atoms with Crippen LogP contribution in [0.2, 0.25) is 0 Å². The lowest BCUT2D eigenvalue weighted by molar-refractivity contribution is 0.0707. The van der Waals surface area contributed by atoms with Gasteiger partial charge in [0.15, 0.2) is 5.76 Å². The SMILES string of the molecule is O=C(c1cc(-c2ccco2)nc2ccccc12)N1CCC(NCC2CC2)CC1. The third-order valence-corrected chi connectivity index (χ3v) is 5.89. The molecule has 2 aromatic heterocycles. The zero-order valence-electron chi connectivity index (χ0n) is 15.9. The van der Waals surface area contributed by atoms with Gasteiger partial charge in [-0.05, 0) is 62.4 Å². The standard InChI is InChI=1S/C23H25N3O2/c27-23(26-11-9-17(10-12-26)24-15-16-7-8-16)19-14-21(22-6-3-13-28-22)25-20-5-2-1-4-18(19)20/h1-6,13-14,16-17,24H,7-12,15H2. The first-order valence-electron chi connectivity index (χ1n) is 10.2. The highest BCUT2D eigenvalue weighted by Gasteiger charge is 2.27. The quantitative estimate of drug-likeness (QED) is 0.729. The van der Waals surface area contributed by atoms with E-state index in [1.165, 1.54) is 12.8 Å². The molecule has 3 aromatic rings. The maximum atomic E-state index is 13.4. The Labute approximate surface area is 164 Å². The van der Waals surface area contributed by atoms with Crippen LogP contribution in [-0.2, 0) is 0 Å². The topological polar surface area (TPSA) is 58.4 Å². The molecule has 1 aliphatic carbocycles. The monoisotopic (exact) mass is 375 g/mol. The number of para-hydroxylation sites is 1. The number of piperidine rings is 1. The molecule has 144 valence electrons. The van der Waals surface area contributed by atoms with Gasteiger partial charge in [0, 0.05) is 24.5 Å². The van der Waals surface area contributed by atoms with E-state index in [0.717, 1.165) is 49.3 Å². The number of carbonyl (C=O) groups excluding carboxylic acids is 1. The molecule has 1 N–H and O–H groups in total. The summed E-state index contributed by atoms with van der Waals surface area (Å²) < 4.78 is 5.52. The van der Waals surface area contributed by atoms with Crippen LogP contribution >= 0.6 is 0 Å². The molecule has 5 rings (SSSR count). The first kappa shape index (κ1) is 17.4. The van der Waals surface area contributed by atoms with Gasteiger partial charge >= 0.3 is 0 Å². The minimum atomic E-state index is 0.0899. The Hall–Kier alpha value is -2.66. The van der Waals surface area contributed by atoms with E-state index in [4.69, 9.17) is 9.40 Å². The Morgan fingerprint density at radius 1 is 1.11 bits per heavy atom. The largest absolute Gasteiger partial charge is 0.463 e. The molecule has 0 unspecified atom stereocenters. The van der Waals surface area contributed by atoms with Crippen molar-refractivity contribution in [2.45, 2.75) is 31.7 Å². The summed E-state index contributed by atoms with van der Waals surface area (Å²) in [5.74, 6) is 1.66. The number of hydrogen-bond donors (Lipinski definition) is 1. The van der Waals surface area contributed by atoms with Crippen molar-refractivity contribution in [3.8, 4) is 11.5 Å². The Morgan fingerprint density at radius 2 is 1.93 bits per heavy atom. The second-order valence-electron chi connectivity index (χ2n) is 7.97. The van der Waals surface area contributed by atoms with Crippen molar-refractivity contribution in [3.05, 3.63) is 54.3 Å². The number of likely N-dealkylation sites (tertiary alicyclic amines) is 1. The van der Waals surface area contributed by atoms with Crippen molar-refractivity contribution in [1.29, 1.82) is 0 Å². The number of pyridine rings is 1. The highest BCUT2D eigenvalue weighted by molar-refractivity contribution is 6.07. The van der Waals surface area contributed by atoms with Crippen LogP contribution in [0.3, 0.4) is 0 Å². The van der Waals surface area contributed by atoms with Crippen LogP contribution in [0.1, 0.15) is 36.0 Å². The van der Waals surface area contributed by atoms with E-state index in [2.05, 4.69) is 5.32 Å². The third-order valence-electron chi connectivity index (χ3n) is 5.89. The highest BCUT2D eigenvalue weighted by atomic mass is 16.3. The van der Waals surface area contributed by atoms with Gasteiger partial charge in [-0.15, -0.1) is 0 Å². The van der Waals surface area contributed by atoms with Gasteiger partial charge in [0.05, 0.1) is 17.3 Å². The fourth-order valence-electron chi connectivity index (χ4n) is 4.02. The second kappa shape index (κ2) is 7.40. The molecule has 5 nitrogen and oxygen atoms in total. The fourth-order valence-corrected chi connectivity index (χ4v) is 4.02. The number of carbonyl (C=O) groups is 1. The molecule has 0 spiro atoms. The van der Waals surface area contributed by atoms with E-state index < -0.39 is 0 Å². The minimum absolute atomic E-state index is 0.0899. The predicted molar refractivity (Wildman–Crippen MR) is 109 cm³/mol. The van der Waals surface area contributed by atoms with Gasteiger partial charge in [-0.2, -0.15) is 0 Å². The van der Waals surface area contributed by atoms with Gasteiger partial charge in [-0.3, -0.25) is 4.79 Å². The second-order valence-corrected chi connectivity index (χ2v) is 7.97. The molecule has 1 aromatic carbocycles. The van der Waals surface area contributed by atoms with Gasteiger partial charge < -0.3 is 14.6 Å². The average molecular weight is 375 g/mol. The van der Waals surface area contributed by atoms with Crippen LogP contribution in [0, 0.1) is 5.92 Å². The molecule has 2 aliphatic rings. The molecule has 1 amide bonds. The van der Waals surface area contributed by atoms with Crippen LogP contribution in [0.15, 0.2) is 53.1 Å². The first-order valence-corrected chi connectivity index (χ1v) is 10.2. The summed E-state index contributed by atoms with van der Waals surface area (Å²) in [6, 6.07) is 14.0. The molecule has 28 heavy (non-hydrogen) atoms. The number of nitrogens with zero attached hydrogens (tertiary/aromatic N) is 2. The molecule has 0 atom stereocenters. The van der Waals surface area contributed by atoms with Gasteiger partial charge in [0.2, 0.25) is 0 Å². The Bertz CT molecular complexity index is 971.